The van der Waals surface area contributed by atoms with E-state index < -0.39 is 63.8 Å². The molecule has 0 radical (unpaired) electrons. The van der Waals surface area contributed by atoms with Gasteiger partial charge in [0.25, 0.3) is 5.91 Å². The summed E-state index contributed by atoms with van der Waals surface area (Å²) in [6, 6.07) is 1.11. The highest BCUT2D eigenvalue weighted by Crippen LogP contribution is 2.68. The molecule has 7 rings (SSSR count). The lowest BCUT2D eigenvalue weighted by molar-refractivity contribution is -0.185. The van der Waals surface area contributed by atoms with Gasteiger partial charge in [-0.2, -0.15) is 0 Å². The molecule has 6 aliphatic rings. The Bertz CT molecular complexity index is 1520. The van der Waals surface area contributed by atoms with Gasteiger partial charge in [0.2, 0.25) is 5.79 Å². The Hall–Kier alpha value is -3.20. The largest absolute Gasteiger partial charge is 0.510 e. The number of fused-ring (bicyclic) bond motifs is 2. The summed E-state index contributed by atoms with van der Waals surface area (Å²) in [7, 11) is 7.18. The Morgan fingerprint density at radius 1 is 1.11 bits per heavy atom. The van der Waals surface area contributed by atoms with Crippen molar-refractivity contribution in [2.24, 2.45) is 17.6 Å². The number of carbonyl (C=O) groups is 2. The fraction of sp³-hybridized carbons (Fsp3) is 0.613. The molecule has 238 valence electrons. The van der Waals surface area contributed by atoms with Gasteiger partial charge in [-0.3, -0.25) is 19.4 Å². The summed E-state index contributed by atoms with van der Waals surface area (Å²) in [5, 5.41) is 46.1. The monoisotopic (exact) mass is 612 g/mol. The second kappa shape index (κ2) is 9.65. The van der Waals surface area contributed by atoms with Crippen LogP contribution in [-0.2, 0) is 32.0 Å². The first-order valence-corrected chi connectivity index (χ1v) is 15.1. The molecule has 13 heteroatoms. The van der Waals surface area contributed by atoms with E-state index in [1.54, 1.807) is 19.0 Å². The van der Waals surface area contributed by atoms with Gasteiger partial charge < -0.3 is 45.3 Å². The molecule has 1 amide bonds. The van der Waals surface area contributed by atoms with Gasteiger partial charge in [-0.25, -0.2) is 0 Å². The van der Waals surface area contributed by atoms with Crippen LogP contribution >= 0.6 is 0 Å². The van der Waals surface area contributed by atoms with Gasteiger partial charge in [-0.05, 0) is 44.5 Å². The van der Waals surface area contributed by atoms with E-state index in [4.69, 9.17) is 19.9 Å². The molecule has 3 heterocycles. The van der Waals surface area contributed by atoms with Gasteiger partial charge in [-0.15, -0.1) is 0 Å². The highest BCUT2D eigenvalue weighted by atomic mass is 16.8. The second-order valence-electron chi connectivity index (χ2n) is 13.4. The van der Waals surface area contributed by atoms with Crippen molar-refractivity contribution in [3.8, 4) is 5.75 Å². The third-order valence-corrected chi connectivity index (χ3v) is 10.6. The van der Waals surface area contributed by atoms with Gasteiger partial charge in [0.05, 0.1) is 24.8 Å². The van der Waals surface area contributed by atoms with Crippen LogP contribution in [-0.4, -0.2) is 120 Å². The molecular formula is C31H40N4O9. The van der Waals surface area contributed by atoms with E-state index in [9.17, 15) is 30.0 Å². The lowest BCUT2D eigenvalue weighted by atomic mass is 9.60. The summed E-state index contributed by atoms with van der Waals surface area (Å²) in [6.07, 6.45) is 2.01. The number of Topliss-reactive ketones (excluding diaryl/α,β-unsaturated/α-hetero) is 1. The van der Waals surface area contributed by atoms with Gasteiger partial charge in [0, 0.05) is 69.3 Å². The van der Waals surface area contributed by atoms with Crippen LogP contribution in [0.5, 0.6) is 5.75 Å². The maximum Gasteiger partial charge on any atom is 0.253 e. The quantitative estimate of drug-likeness (QED) is 0.294. The number of hydrogen-bond donors (Lipinski definition) is 5. The van der Waals surface area contributed by atoms with E-state index in [2.05, 4.69) is 4.90 Å². The minimum atomic E-state index is -2.38. The number of phenolic OH excluding ortho intramolecular Hbond substituents is 1. The number of rotatable bonds is 5. The van der Waals surface area contributed by atoms with Crippen molar-refractivity contribution >= 4 is 17.4 Å². The maximum absolute atomic E-state index is 14.4. The number of benzene rings is 1. The molecule has 3 saturated heterocycles. The topological polar surface area (TPSA) is 182 Å². The number of ketones is 1. The molecule has 5 atom stereocenters. The predicted molar refractivity (Wildman–Crippen MR) is 156 cm³/mol. The van der Waals surface area contributed by atoms with E-state index >= 15 is 0 Å². The highest BCUT2D eigenvalue weighted by molar-refractivity contribution is 6.15. The summed E-state index contributed by atoms with van der Waals surface area (Å²) in [4.78, 5) is 32.6. The molecule has 6 N–H and O–H groups in total. The second-order valence-corrected chi connectivity index (χ2v) is 13.4. The molecule has 3 aliphatic heterocycles. The van der Waals surface area contributed by atoms with Crippen molar-refractivity contribution < 1.29 is 44.2 Å². The number of aromatic hydroxyl groups is 1. The third-order valence-electron chi connectivity index (χ3n) is 10.6. The first kappa shape index (κ1) is 29.5. The molecule has 0 aromatic heterocycles. The average Bonchev–Trinajstić information content (AvgIpc) is 3.34. The number of likely N-dealkylation sites (tertiary alicyclic amines) is 1. The van der Waals surface area contributed by atoms with Crippen molar-refractivity contribution in [3.05, 3.63) is 45.4 Å². The molecule has 0 bridgehead atoms. The minimum Gasteiger partial charge on any atom is -0.510 e. The predicted octanol–water partition coefficient (Wildman–Crippen LogP) is 0.683. The SMILES string of the molecule is CN(C)c1cc(CN2CCC3(CC2)OCCO3)c(O)c2c1C[C@H]1C[C@H]3[C@H](N(C)C)C(O)=C(C(N)=O)C4(O)O[C@]34C(O)=C1C2=O. The van der Waals surface area contributed by atoms with Gasteiger partial charge in [0.1, 0.15) is 22.8 Å². The number of ether oxygens (including phenoxy) is 3. The van der Waals surface area contributed by atoms with Crippen LogP contribution in [0.4, 0.5) is 5.69 Å². The number of aliphatic hydroxyl groups is 3. The fourth-order valence-electron chi connectivity index (χ4n) is 8.56. The number of primary amides is 1. The number of anilines is 1. The molecule has 2 spiro atoms. The molecule has 0 saturated carbocycles. The summed E-state index contributed by atoms with van der Waals surface area (Å²) < 4.78 is 17.5. The zero-order valence-corrected chi connectivity index (χ0v) is 25.4. The van der Waals surface area contributed by atoms with Crippen LogP contribution < -0.4 is 10.6 Å². The number of hydrogen-bond acceptors (Lipinski definition) is 12. The zero-order chi connectivity index (χ0) is 31.5. The first-order valence-electron chi connectivity index (χ1n) is 15.1. The van der Waals surface area contributed by atoms with Crippen LogP contribution in [0.25, 0.3) is 0 Å². The fourth-order valence-corrected chi connectivity index (χ4v) is 8.56. The summed E-state index contributed by atoms with van der Waals surface area (Å²) >= 11 is 0. The smallest absolute Gasteiger partial charge is 0.253 e. The van der Waals surface area contributed by atoms with Crippen LogP contribution in [0.1, 0.15) is 40.7 Å². The zero-order valence-electron chi connectivity index (χ0n) is 25.4. The van der Waals surface area contributed by atoms with Crippen molar-refractivity contribution in [2.75, 3.05) is 59.4 Å². The van der Waals surface area contributed by atoms with E-state index in [1.165, 1.54) is 0 Å². The third kappa shape index (κ3) is 3.80. The Kier molecular flexibility index (Phi) is 6.47. The molecule has 3 fully saturated rings. The first-order chi connectivity index (χ1) is 20.8. The summed E-state index contributed by atoms with van der Waals surface area (Å²) in [5.74, 6) is -6.75. The van der Waals surface area contributed by atoms with Gasteiger partial charge in [0.15, 0.2) is 17.2 Å². The van der Waals surface area contributed by atoms with Crippen LogP contribution in [0.3, 0.4) is 0 Å². The van der Waals surface area contributed by atoms with E-state index in [0.717, 1.165) is 5.69 Å². The Labute approximate surface area is 255 Å². The number of amides is 1. The average molecular weight is 613 g/mol. The highest BCUT2D eigenvalue weighted by Gasteiger charge is 2.84. The molecule has 44 heavy (non-hydrogen) atoms. The molecule has 1 aromatic rings. The molecule has 13 nitrogen and oxygen atoms in total. The standard InChI is InChI=1S/C31H40N4O9/c1-33(2)19-13-16(14-35-7-5-29(6-8-35)42-9-10-43-29)24(36)21-17(19)11-15-12-18-23(34(3)4)26(38)22(28(32)40)31(41)30(18,44-31)27(39)20(15)25(21)37/h13,15,18,23,36,38-39,41H,5-12,14H2,1-4H3,(H2,32,40)/t15-,18-,23-,30-,31?/m0/s1. The lowest BCUT2D eigenvalue weighted by Gasteiger charge is -2.46. The number of epoxide rings is 1. The molecule has 1 unspecified atom stereocenters. The lowest BCUT2D eigenvalue weighted by Crippen LogP contribution is -2.57. The van der Waals surface area contributed by atoms with Crippen LogP contribution in [0.15, 0.2) is 28.7 Å². The van der Waals surface area contributed by atoms with E-state index in [0.29, 0.717) is 63.2 Å². The van der Waals surface area contributed by atoms with E-state index in [-0.39, 0.29) is 23.3 Å². The van der Waals surface area contributed by atoms with Crippen LogP contribution in [0.2, 0.25) is 0 Å². The van der Waals surface area contributed by atoms with Gasteiger partial charge in [-0.1, -0.05) is 0 Å². The van der Waals surface area contributed by atoms with Crippen molar-refractivity contribution in [3.63, 3.8) is 0 Å². The molecular weight excluding hydrogens is 572 g/mol. The van der Waals surface area contributed by atoms with Crippen molar-refractivity contribution in [2.45, 2.75) is 55.4 Å². The van der Waals surface area contributed by atoms with Crippen molar-refractivity contribution in [1.29, 1.82) is 0 Å². The Morgan fingerprint density at radius 3 is 2.36 bits per heavy atom. The number of carbonyl (C=O) groups excluding carboxylic acids is 2. The number of likely N-dealkylation sites (N-methyl/N-ethyl adjacent to an activating group) is 1. The molecule has 1 aromatic carbocycles. The number of piperidine rings is 1. The number of nitrogens with zero attached hydrogens (tertiary/aromatic N) is 3. The van der Waals surface area contributed by atoms with Gasteiger partial charge >= 0.3 is 0 Å². The van der Waals surface area contributed by atoms with E-state index in [1.807, 2.05) is 25.1 Å². The molecule has 3 aliphatic carbocycles. The van der Waals surface area contributed by atoms with Crippen LogP contribution in [0, 0.1) is 11.8 Å². The number of phenols is 1. The number of nitrogens with two attached hydrogens (primary N) is 1. The summed E-state index contributed by atoms with van der Waals surface area (Å²) in [6.45, 7) is 2.98. The minimum absolute atomic E-state index is 0.0417. The van der Waals surface area contributed by atoms with Crippen molar-refractivity contribution in [1.82, 2.24) is 9.80 Å². The Morgan fingerprint density at radius 2 is 1.77 bits per heavy atom. The maximum atomic E-state index is 14.4. The normalized spacial score (nSPS) is 34.1. The Balaban J connectivity index is 1.29. The number of aliphatic hydroxyl groups excluding tert-OH is 2. The number of allylic oxidation sites excluding steroid dienone is 1. The summed E-state index contributed by atoms with van der Waals surface area (Å²) in [5.41, 5.74) is 5.42.